The van der Waals surface area contributed by atoms with Gasteiger partial charge in [-0.3, -0.25) is 19.3 Å². The standard InChI is InChI=1S/C18H21NO4/c1-12-6-2-5-9-15(12)23-16(20)10-11-19-17(21)13-7-3-4-8-14(13)18(19)22/h2,5-6,9,13-14H,3-4,7-8,10-11H2,1H3. The van der Waals surface area contributed by atoms with Crippen molar-refractivity contribution in [3.05, 3.63) is 29.8 Å². The molecule has 23 heavy (non-hydrogen) atoms. The summed E-state index contributed by atoms with van der Waals surface area (Å²) in [6.45, 7) is 1.98. The Kier molecular flexibility index (Phi) is 4.46. The lowest BCUT2D eigenvalue weighted by Crippen LogP contribution is -2.33. The molecule has 1 aliphatic carbocycles. The molecule has 1 saturated heterocycles. The maximum absolute atomic E-state index is 12.3. The molecule has 1 heterocycles. The summed E-state index contributed by atoms with van der Waals surface area (Å²) in [5.41, 5.74) is 0.875. The first-order chi connectivity index (χ1) is 11.1. The number of fused-ring (bicyclic) bond motifs is 1. The Morgan fingerprint density at radius 2 is 1.74 bits per heavy atom. The van der Waals surface area contributed by atoms with Gasteiger partial charge in [-0.25, -0.2) is 0 Å². The van der Waals surface area contributed by atoms with E-state index in [1.165, 1.54) is 4.90 Å². The number of nitrogens with zero attached hydrogens (tertiary/aromatic N) is 1. The number of amides is 2. The van der Waals surface area contributed by atoms with Crippen LogP contribution in [-0.2, 0) is 14.4 Å². The number of carbonyl (C=O) groups is 3. The molecule has 2 aliphatic rings. The number of carbonyl (C=O) groups excluding carboxylic acids is 3. The van der Waals surface area contributed by atoms with E-state index in [1.54, 1.807) is 12.1 Å². The van der Waals surface area contributed by atoms with Gasteiger partial charge in [-0.05, 0) is 31.4 Å². The van der Waals surface area contributed by atoms with Crippen LogP contribution >= 0.6 is 0 Å². The van der Waals surface area contributed by atoms with Gasteiger partial charge in [-0.1, -0.05) is 31.0 Å². The van der Waals surface area contributed by atoms with Crippen LogP contribution in [0.5, 0.6) is 5.75 Å². The molecule has 2 amide bonds. The maximum atomic E-state index is 12.3. The Balaban J connectivity index is 1.58. The molecule has 1 aromatic carbocycles. The zero-order valence-corrected chi connectivity index (χ0v) is 13.3. The molecule has 2 fully saturated rings. The van der Waals surface area contributed by atoms with Crippen molar-refractivity contribution >= 4 is 17.8 Å². The molecule has 2 unspecified atom stereocenters. The molecule has 3 rings (SSSR count). The Morgan fingerprint density at radius 1 is 1.13 bits per heavy atom. The average molecular weight is 315 g/mol. The van der Waals surface area contributed by atoms with Gasteiger partial charge in [0.15, 0.2) is 0 Å². The molecule has 0 aromatic heterocycles. The lowest BCUT2D eigenvalue weighted by atomic mass is 9.81. The molecule has 0 bridgehead atoms. The first-order valence-corrected chi connectivity index (χ1v) is 8.19. The number of ether oxygens (including phenoxy) is 1. The highest BCUT2D eigenvalue weighted by atomic mass is 16.5. The highest BCUT2D eigenvalue weighted by Gasteiger charge is 2.47. The van der Waals surface area contributed by atoms with E-state index in [-0.39, 0.29) is 36.6 Å². The van der Waals surface area contributed by atoms with Crippen LogP contribution in [0.15, 0.2) is 24.3 Å². The third-order valence-corrected chi connectivity index (χ3v) is 4.79. The number of benzene rings is 1. The summed E-state index contributed by atoms with van der Waals surface area (Å²) in [4.78, 5) is 37.9. The number of rotatable bonds is 4. The fourth-order valence-corrected chi connectivity index (χ4v) is 3.50. The van der Waals surface area contributed by atoms with E-state index in [0.717, 1.165) is 31.2 Å². The number of esters is 1. The maximum Gasteiger partial charge on any atom is 0.313 e. The van der Waals surface area contributed by atoms with Crippen LogP contribution in [0.2, 0.25) is 0 Å². The predicted molar refractivity (Wildman–Crippen MR) is 83.6 cm³/mol. The fourth-order valence-electron chi connectivity index (χ4n) is 3.50. The summed E-state index contributed by atoms with van der Waals surface area (Å²) in [6, 6.07) is 7.26. The zero-order chi connectivity index (χ0) is 16.4. The van der Waals surface area contributed by atoms with E-state index < -0.39 is 5.97 Å². The Labute approximate surface area is 135 Å². The van der Waals surface area contributed by atoms with Crippen molar-refractivity contribution in [1.82, 2.24) is 4.90 Å². The molecular formula is C18H21NO4. The van der Waals surface area contributed by atoms with E-state index in [1.807, 2.05) is 19.1 Å². The lowest BCUT2D eigenvalue weighted by Gasteiger charge is -2.19. The van der Waals surface area contributed by atoms with Crippen LogP contribution in [-0.4, -0.2) is 29.2 Å². The minimum Gasteiger partial charge on any atom is -0.426 e. The topological polar surface area (TPSA) is 63.7 Å². The number of imide groups is 1. The summed E-state index contributed by atoms with van der Waals surface area (Å²) >= 11 is 0. The number of para-hydroxylation sites is 1. The summed E-state index contributed by atoms with van der Waals surface area (Å²) in [7, 11) is 0. The second-order valence-electron chi connectivity index (χ2n) is 6.32. The van der Waals surface area contributed by atoms with Gasteiger partial charge in [0.25, 0.3) is 0 Å². The molecule has 0 spiro atoms. The van der Waals surface area contributed by atoms with Crippen molar-refractivity contribution in [2.75, 3.05) is 6.54 Å². The minimum atomic E-state index is -0.422. The molecule has 5 heteroatoms. The van der Waals surface area contributed by atoms with Crippen molar-refractivity contribution in [3.63, 3.8) is 0 Å². The van der Waals surface area contributed by atoms with E-state index in [2.05, 4.69) is 0 Å². The number of aryl methyl sites for hydroxylation is 1. The molecule has 0 N–H and O–H groups in total. The van der Waals surface area contributed by atoms with E-state index >= 15 is 0 Å². The highest BCUT2D eigenvalue weighted by Crippen LogP contribution is 2.37. The van der Waals surface area contributed by atoms with Gasteiger partial charge in [0, 0.05) is 6.54 Å². The smallest absolute Gasteiger partial charge is 0.313 e. The van der Waals surface area contributed by atoms with Crippen LogP contribution in [0.3, 0.4) is 0 Å². The fraction of sp³-hybridized carbons (Fsp3) is 0.500. The molecule has 122 valence electrons. The summed E-state index contributed by atoms with van der Waals surface area (Å²) in [6.07, 6.45) is 3.62. The number of hydrogen-bond donors (Lipinski definition) is 0. The second kappa shape index (κ2) is 6.52. The van der Waals surface area contributed by atoms with E-state index in [4.69, 9.17) is 4.74 Å². The van der Waals surface area contributed by atoms with Gasteiger partial charge in [-0.2, -0.15) is 0 Å². The van der Waals surface area contributed by atoms with Gasteiger partial charge < -0.3 is 4.74 Å². The van der Waals surface area contributed by atoms with Crippen molar-refractivity contribution in [2.45, 2.75) is 39.0 Å². The van der Waals surface area contributed by atoms with Gasteiger partial charge in [-0.15, -0.1) is 0 Å². The molecule has 5 nitrogen and oxygen atoms in total. The van der Waals surface area contributed by atoms with Gasteiger partial charge >= 0.3 is 5.97 Å². The second-order valence-corrected chi connectivity index (χ2v) is 6.32. The molecule has 1 aromatic rings. The van der Waals surface area contributed by atoms with Crippen LogP contribution < -0.4 is 4.74 Å². The molecule has 1 saturated carbocycles. The molecular weight excluding hydrogens is 294 g/mol. The lowest BCUT2D eigenvalue weighted by molar-refractivity contribution is -0.141. The summed E-state index contributed by atoms with van der Waals surface area (Å²) in [5.74, 6) is -0.445. The van der Waals surface area contributed by atoms with Gasteiger partial charge in [0.05, 0.1) is 18.3 Å². The van der Waals surface area contributed by atoms with Crippen molar-refractivity contribution in [2.24, 2.45) is 11.8 Å². The average Bonchev–Trinajstić information content (AvgIpc) is 2.80. The van der Waals surface area contributed by atoms with E-state index in [9.17, 15) is 14.4 Å². The summed E-state index contributed by atoms with van der Waals surface area (Å²) in [5, 5.41) is 0. The van der Waals surface area contributed by atoms with Crippen molar-refractivity contribution in [3.8, 4) is 5.75 Å². The summed E-state index contributed by atoms with van der Waals surface area (Å²) < 4.78 is 5.31. The van der Waals surface area contributed by atoms with Crippen LogP contribution in [0.1, 0.15) is 37.7 Å². The molecule has 2 atom stereocenters. The number of hydrogen-bond acceptors (Lipinski definition) is 4. The zero-order valence-electron chi connectivity index (χ0n) is 13.3. The quantitative estimate of drug-likeness (QED) is 0.486. The Bertz CT molecular complexity index is 616. The first kappa shape index (κ1) is 15.7. The van der Waals surface area contributed by atoms with Gasteiger partial charge in [0.2, 0.25) is 11.8 Å². The van der Waals surface area contributed by atoms with Crippen LogP contribution in [0.4, 0.5) is 0 Å². The largest absolute Gasteiger partial charge is 0.426 e. The third kappa shape index (κ3) is 3.14. The SMILES string of the molecule is Cc1ccccc1OC(=O)CCN1C(=O)C2CCCCC2C1=O. The third-order valence-electron chi connectivity index (χ3n) is 4.79. The Hall–Kier alpha value is -2.17. The van der Waals surface area contributed by atoms with E-state index in [0.29, 0.717) is 5.75 Å². The first-order valence-electron chi connectivity index (χ1n) is 8.19. The van der Waals surface area contributed by atoms with Crippen LogP contribution in [0.25, 0.3) is 0 Å². The monoisotopic (exact) mass is 315 g/mol. The normalized spacial score (nSPS) is 23.8. The Morgan fingerprint density at radius 3 is 2.35 bits per heavy atom. The van der Waals surface area contributed by atoms with Gasteiger partial charge in [0.1, 0.15) is 5.75 Å². The number of likely N-dealkylation sites (tertiary alicyclic amines) is 1. The molecule has 1 aliphatic heterocycles. The minimum absolute atomic E-state index is 0.0330. The van der Waals surface area contributed by atoms with Crippen LogP contribution in [0, 0.1) is 18.8 Å². The van der Waals surface area contributed by atoms with Crippen molar-refractivity contribution in [1.29, 1.82) is 0 Å². The predicted octanol–water partition coefficient (Wildman–Crippen LogP) is 2.47. The molecule has 0 radical (unpaired) electrons. The highest BCUT2D eigenvalue weighted by molar-refractivity contribution is 6.05. The van der Waals surface area contributed by atoms with Crippen molar-refractivity contribution < 1.29 is 19.1 Å².